The third-order valence-electron chi connectivity index (χ3n) is 4.27. The average Bonchev–Trinajstić information content (AvgIpc) is 2.75. The zero-order valence-corrected chi connectivity index (χ0v) is 16.2. The number of rotatable bonds is 9. The highest BCUT2D eigenvalue weighted by Gasteiger charge is 2.13. The van der Waals surface area contributed by atoms with Gasteiger partial charge >= 0.3 is 0 Å². The van der Waals surface area contributed by atoms with E-state index >= 15 is 0 Å². The SMILES string of the molecule is COCCOc1ncccc1C(=O)NCc1ccc(Cn2ccccc2=O)cc1. The van der Waals surface area contributed by atoms with Crippen molar-refractivity contribution < 1.29 is 14.3 Å². The van der Waals surface area contributed by atoms with Crippen LogP contribution in [0.4, 0.5) is 0 Å². The third kappa shape index (κ3) is 5.76. The molecular formula is C22H23N3O4. The van der Waals surface area contributed by atoms with Crippen LogP contribution in [-0.4, -0.2) is 35.8 Å². The summed E-state index contributed by atoms with van der Waals surface area (Å²) in [7, 11) is 1.58. The number of methoxy groups -OCH3 is 1. The predicted molar refractivity (Wildman–Crippen MR) is 109 cm³/mol. The number of carbonyl (C=O) groups excluding carboxylic acids is 1. The van der Waals surface area contributed by atoms with E-state index in [-0.39, 0.29) is 17.3 Å². The number of benzene rings is 1. The van der Waals surface area contributed by atoms with Gasteiger partial charge in [-0.1, -0.05) is 30.3 Å². The maximum Gasteiger partial charge on any atom is 0.257 e. The van der Waals surface area contributed by atoms with Crippen LogP contribution >= 0.6 is 0 Å². The van der Waals surface area contributed by atoms with E-state index < -0.39 is 0 Å². The van der Waals surface area contributed by atoms with E-state index in [0.717, 1.165) is 11.1 Å². The summed E-state index contributed by atoms with van der Waals surface area (Å²) < 4.78 is 12.1. The molecule has 0 atom stereocenters. The highest BCUT2D eigenvalue weighted by Crippen LogP contribution is 2.14. The summed E-state index contributed by atoms with van der Waals surface area (Å²) in [4.78, 5) is 28.4. The smallest absolute Gasteiger partial charge is 0.257 e. The molecule has 2 aromatic heterocycles. The largest absolute Gasteiger partial charge is 0.475 e. The van der Waals surface area contributed by atoms with Crippen molar-refractivity contribution in [3.63, 3.8) is 0 Å². The summed E-state index contributed by atoms with van der Waals surface area (Å²) in [5.41, 5.74) is 2.30. The van der Waals surface area contributed by atoms with E-state index in [1.54, 1.807) is 42.3 Å². The molecule has 1 amide bonds. The maximum atomic E-state index is 12.5. The first-order valence-electron chi connectivity index (χ1n) is 9.25. The van der Waals surface area contributed by atoms with E-state index in [1.807, 2.05) is 30.3 Å². The van der Waals surface area contributed by atoms with E-state index in [9.17, 15) is 9.59 Å². The fourth-order valence-corrected chi connectivity index (χ4v) is 2.73. The van der Waals surface area contributed by atoms with Crippen LogP contribution in [0.15, 0.2) is 71.8 Å². The van der Waals surface area contributed by atoms with Gasteiger partial charge in [-0.3, -0.25) is 9.59 Å². The lowest BCUT2D eigenvalue weighted by atomic mass is 10.1. The minimum atomic E-state index is -0.259. The van der Waals surface area contributed by atoms with Crippen LogP contribution < -0.4 is 15.6 Å². The molecule has 0 aliphatic carbocycles. The molecule has 2 heterocycles. The third-order valence-corrected chi connectivity index (χ3v) is 4.27. The molecule has 0 bridgehead atoms. The Labute approximate surface area is 168 Å². The first-order chi connectivity index (χ1) is 14.2. The molecule has 0 fully saturated rings. The first kappa shape index (κ1) is 20.3. The van der Waals surface area contributed by atoms with Gasteiger partial charge in [0.25, 0.3) is 11.5 Å². The van der Waals surface area contributed by atoms with Crippen LogP contribution in [0.1, 0.15) is 21.5 Å². The number of ether oxygens (including phenoxy) is 2. The monoisotopic (exact) mass is 393 g/mol. The number of amides is 1. The second-order valence-corrected chi connectivity index (χ2v) is 6.36. The molecule has 0 saturated carbocycles. The Bertz CT molecular complexity index is 999. The summed E-state index contributed by atoms with van der Waals surface area (Å²) >= 11 is 0. The Morgan fingerprint density at radius 1 is 1.03 bits per heavy atom. The molecule has 0 unspecified atom stereocenters. The van der Waals surface area contributed by atoms with Crippen molar-refractivity contribution in [3.05, 3.63) is 94.0 Å². The highest BCUT2D eigenvalue weighted by molar-refractivity contribution is 5.96. The van der Waals surface area contributed by atoms with Gasteiger partial charge in [-0.05, 0) is 29.3 Å². The van der Waals surface area contributed by atoms with Crippen molar-refractivity contribution in [2.24, 2.45) is 0 Å². The summed E-state index contributed by atoms with van der Waals surface area (Å²) in [5.74, 6) is 0.0242. The fraction of sp³-hybridized carbons (Fsp3) is 0.227. The fourth-order valence-electron chi connectivity index (χ4n) is 2.73. The lowest BCUT2D eigenvalue weighted by Crippen LogP contribution is -2.24. The van der Waals surface area contributed by atoms with E-state index in [2.05, 4.69) is 10.3 Å². The van der Waals surface area contributed by atoms with Crippen LogP contribution in [0.25, 0.3) is 0 Å². The van der Waals surface area contributed by atoms with E-state index in [0.29, 0.717) is 31.9 Å². The Balaban J connectivity index is 1.58. The molecule has 3 rings (SSSR count). The molecular weight excluding hydrogens is 370 g/mol. The molecule has 0 radical (unpaired) electrons. The van der Waals surface area contributed by atoms with Gasteiger partial charge in [0.1, 0.15) is 12.2 Å². The number of pyridine rings is 2. The van der Waals surface area contributed by atoms with Gasteiger partial charge in [-0.2, -0.15) is 0 Å². The number of aromatic nitrogens is 2. The highest BCUT2D eigenvalue weighted by atomic mass is 16.5. The van der Waals surface area contributed by atoms with E-state index in [4.69, 9.17) is 9.47 Å². The van der Waals surface area contributed by atoms with Gasteiger partial charge < -0.3 is 19.4 Å². The summed E-state index contributed by atoms with van der Waals surface area (Å²) in [6.07, 6.45) is 3.34. The standard InChI is InChI=1S/C22H23N3O4/c1-28-13-14-29-22-19(5-4-11-23-22)21(27)24-15-17-7-9-18(10-8-17)16-25-12-3-2-6-20(25)26/h2-12H,13-16H2,1H3,(H,24,27). The zero-order valence-electron chi connectivity index (χ0n) is 16.2. The molecule has 29 heavy (non-hydrogen) atoms. The Kier molecular flexibility index (Phi) is 7.13. The predicted octanol–water partition coefficient (Wildman–Crippen LogP) is 2.25. The molecule has 7 nitrogen and oxygen atoms in total. The van der Waals surface area contributed by atoms with Gasteiger partial charge in [0.15, 0.2) is 0 Å². The number of nitrogens with zero attached hydrogens (tertiary/aromatic N) is 2. The van der Waals surface area contributed by atoms with E-state index in [1.165, 1.54) is 6.07 Å². The van der Waals surface area contributed by atoms with Crippen molar-refractivity contribution in [1.82, 2.24) is 14.9 Å². The van der Waals surface area contributed by atoms with Crippen LogP contribution in [-0.2, 0) is 17.8 Å². The van der Waals surface area contributed by atoms with Gasteiger partial charge in [0.05, 0.1) is 13.2 Å². The minimum absolute atomic E-state index is 0.0381. The molecule has 3 aromatic rings. The van der Waals surface area contributed by atoms with Crippen LogP contribution in [0.3, 0.4) is 0 Å². The maximum absolute atomic E-state index is 12.5. The quantitative estimate of drug-likeness (QED) is 0.564. The second kappa shape index (κ2) is 10.2. The number of hydrogen-bond donors (Lipinski definition) is 1. The number of nitrogens with one attached hydrogen (secondary N) is 1. The Morgan fingerprint density at radius 2 is 1.83 bits per heavy atom. The molecule has 0 spiro atoms. The molecule has 1 aromatic carbocycles. The average molecular weight is 393 g/mol. The van der Waals surface area contributed by atoms with Crippen molar-refractivity contribution in [1.29, 1.82) is 0 Å². The summed E-state index contributed by atoms with van der Waals surface area (Å²) in [5, 5.41) is 2.88. The van der Waals surface area contributed by atoms with Crippen LogP contribution in [0.5, 0.6) is 5.88 Å². The van der Waals surface area contributed by atoms with Crippen molar-refractivity contribution in [2.75, 3.05) is 20.3 Å². The summed E-state index contributed by atoms with van der Waals surface area (Å²) in [6.45, 7) is 1.61. The topological polar surface area (TPSA) is 82.4 Å². The lowest BCUT2D eigenvalue weighted by Gasteiger charge is -2.11. The number of hydrogen-bond acceptors (Lipinski definition) is 5. The van der Waals surface area contributed by atoms with Crippen LogP contribution in [0.2, 0.25) is 0 Å². The Morgan fingerprint density at radius 3 is 2.59 bits per heavy atom. The van der Waals surface area contributed by atoms with Gasteiger partial charge in [0.2, 0.25) is 5.88 Å². The molecule has 150 valence electrons. The summed E-state index contributed by atoms with van der Waals surface area (Å²) in [6, 6.07) is 16.2. The molecule has 1 N–H and O–H groups in total. The minimum Gasteiger partial charge on any atom is -0.475 e. The molecule has 0 aliphatic heterocycles. The molecule has 7 heteroatoms. The van der Waals surface area contributed by atoms with Gasteiger partial charge in [0, 0.05) is 32.1 Å². The Hall–Kier alpha value is -3.45. The van der Waals surface area contributed by atoms with Crippen molar-refractivity contribution >= 4 is 5.91 Å². The molecule has 0 saturated heterocycles. The van der Waals surface area contributed by atoms with Gasteiger partial charge in [-0.25, -0.2) is 4.98 Å². The lowest BCUT2D eigenvalue weighted by molar-refractivity contribution is 0.0941. The van der Waals surface area contributed by atoms with Crippen LogP contribution in [0, 0.1) is 0 Å². The molecule has 0 aliphatic rings. The first-order valence-corrected chi connectivity index (χ1v) is 9.25. The van der Waals surface area contributed by atoms with Crippen molar-refractivity contribution in [3.8, 4) is 5.88 Å². The van der Waals surface area contributed by atoms with Gasteiger partial charge in [-0.15, -0.1) is 0 Å². The normalized spacial score (nSPS) is 10.5. The number of carbonyl (C=O) groups is 1. The zero-order chi connectivity index (χ0) is 20.5. The van der Waals surface area contributed by atoms with Crippen molar-refractivity contribution in [2.45, 2.75) is 13.1 Å². The second-order valence-electron chi connectivity index (χ2n) is 6.36.